The van der Waals surface area contributed by atoms with Crippen molar-refractivity contribution in [2.24, 2.45) is 0 Å². The third kappa shape index (κ3) is 4.96. The first-order valence-corrected chi connectivity index (χ1v) is 9.12. The van der Waals surface area contributed by atoms with Crippen molar-refractivity contribution < 1.29 is 9.21 Å². The molecule has 5 nitrogen and oxygen atoms in total. The van der Waals surface area contributed by atoms with Crippen LogP contribution in [0.25, 0.3) is 11.0 Å². The summed E-state index contributed by atoms with van der Waals surface area (Å²) in [6.07, 6.45) is 0.870. The molecule has 3 aromatic rings. The molecule has 0 unspecified atom stereocenters. The number of hydrogen-bond donors (Lipinski definition) is 1. The number of carbonyl (C=O) groups excluding carboxylic acids is 1. The first-order valence-electron chi connectivity index (χ1n) is 8.74. The Kier molecular flexibility index (Phi) is 5.94. The van der Waals surface area contributed by atoms with Crippen LogP contribution in [0.3, 0.4) is 0 Å². The summed E-state index contributed by atoms with van der Waals surface area (Å²) in [5.41, 5.74) is 2.83. The van der Waals surface area contributed by atoms with Gasteiger partial charge in [-0.3, -0.25) is 9.69 Å². The Morgan fingerprint density at radius 1 is 1.15 bits per heavy atom. The van der Waals surface area contributed by atoms with Crippen LogP contribution < -0.4 is 10.9 Å². The van der Waals surface area contributed by atoms with E-state index in [9.17, 15) is 9.59 Å². The molecule has 1 N–H and O–H groups in total. The summed E-state index contributed by atoms with van der Waals surface area (Å²) in [4.78, 5) is 26.0. The second-order valence-corrected chi connectivity index (χ2v) is 6.94. The van der Waals surface area contributed by atoms with E-state index in [4.69, 9.17) is 16.0 Å². The highest BCUT2D eigenvalue weighted by molar-refractivity contribution is 6.30. The molecule has 140 valence electrons. The monoisotopic (exact) mass is 384 g/mol. The predicted molar refractivity (Wildman–Crippen MR) is 108 cm³/mol. The largest absolute Gasteiger partial charge is 0.423 e. The normalized spacial score (nSPS) is 11.1. The van der Waals surface area contributed by atoms with E-state index in [-0.39, 0.29) is 18.1 Å². The molecule has 0 aliphatic rings. The topological polar surface area (TPSA) is 62.6 Å². The molecular formula is C21H21ClN2O3. The van der Waals surface area contributed by atoms with Crippen LogP contribution in [0, 0.1) is 0 Å². The van der Waals surface area contributed by atoms with Gasteiger partial charge >= 0.3 is 5.63 Å². The minimum Gasteiger partial charge on any atom is -0.423 e. The van der Waals surface area contributed by atoms with Gasteiger partial charge in [0.15, 0.2) is 0 Å². The quantitative estimate of drug-likeness (QED) is 0.650. The van der Waals surface area contributed by atoms with Gasteiger partial charge < -0.3 is 9.73 Å². The van der Waals surface area contributed by atoms with Gasteiger partial charge in [-0.05, 0) is 54.9 Å². The number of nitrogens with zero attached hydrogens (tertiary/aromatic N) is 1. The minimum atomic E-state index is -0.384. The smallest absolute Gasteiger partial charge is 0.336 e. The molecule has 0 atom stereocenters. The summed E-state index contributed by atoms with van der Waals surface area (Å²) in [6.45, 7) is 2.70. The number of nitrogens with one attached hydrogen (secondary N) is 1. The number of aryl methyl sites for hydroxylation is 1. The molecule has 0 aliphatic heterocycles. The zero-order valence-corrected chi connectivity index (χ0v) is 16.0. The molecule has 0 fully saturated rings. The number of rotatable bonds is 6. The molecule has 6 heteroatoms. The third-order valence-electron chi connectivity index (χ3n) is 4.28. The lowest BCUT2D eigenvalue weighted by molar-refractivity contribution is -0.117. The van der Waals surface area contributed by atoms with Gasteiger partial charge in [0.1, 0.15) is 5.58 Å². The fourth-order valence-electron chi connectivity index (χ4n) is 2.95. The Balaban J connectivity index is 1.71. The van der Waals surface area contributed by atoms with Gasteiger partial charge in [-0.15, -0.1) is 0 Å². The zero-order valence-electron chi connectivity index (χ0n) is 15.3. The SMILES string of the molecule is CCc1ccc2c(CN(C)CC(=O)Nc3ccc(Cl)cc3)cc(=O)oc2c1. The summed E-state index contributed by atoms with van der Waals surface area (Å²) < 4.78 is 5.33. The Bertz CT molecular complexity index is 1010. The number of halogens is 1. The van der Waals surface area contributed by atoms with E-state index >= 15 is 0 Å². The fourth-order valence-corrected chi connectivity index (χ4v) is 3.08. The molecule has 1 aromatic heterocycles. The number of benzene rings is 2. The van der Waals surface area contributed by atoms with E-state index in [0.717, 1.165) is 22.9 Å². The van der Waals surface area contributed by atoms with Crippen molar-refractivity contribution in [2.75, 3.05) is 18.9 Å². The lowest BCUT2D eigenvalue weighted by Crippen LogP contribution is -2.30. The van der Waals surface area contributed by atoms with E-state index < -0.39 is 0 Å². The van der Waals surface area contributed by atoms with Gasteiger partial charge in [-0.1, -0.05) is 30.7 Å². The van der Waals surface area contributed by atoms with Gasteiger partial charge in [-0.25, -0.2) is 4.79 Å². The van der Waals surface area contributed by atoms with Crippen molar-refractivity contribution in [1.29, 1.82) is 0 Å². The first-order chi connectivity index (χ1) is 12.9. The molecule has 1 amide bonds. The van der Waals surface area contributed by atoms with Crippen molar-refractivity contribution in [1.82, 2.24) is 4.90 Å². The number of hydrogen-bond acceptors (Lipinski definition) is 4. The van der Waals surface area contributed by atoms with Crippen molar-refractivity contribution >= 4 is 34.2 Å². The van der Waals surface area contributed by atoms with Gasteiger partial charge in [0, 0.05) is 28.7 Å². The summed E-state index contributed by atoms with van der Waals surface area (Å²) in [6, 6.07) is 14.3. The van der Waals surface area contributed by atoms with Crippen LogP contribution in [0.15, 0.2) is 57.7 Å². The Labute approximate surface area is 162 Å². The second-order valence-electron chi connectivity index (χ2n) is 6.50. The molecule has 3 rings (SSSR count). The predicted octanol–water partition coefficient (Wildman–Crippen LogP) is 4.08. The first kappa shape index (κ1) is 19.1. The highest BCUT2D eigenvalue weighted by atomic mass is 35.5. The van der Waals surface area contributed by atoms with E-state index in [1.807, 2.05) is 30.1 Å². The molecule has 0 radical (unpaired) electrons. The lowest BCUT2D eigenvalue weighted by Gasteiger charge is -2.17. The molecular weight excluding hydrogens is 364 g/mol. The van der Waals surface area contributed by atoms with Crippen LogP contribution in [0.4, 0.5) is 5.69 Å². The van der Waals surface area contributed by atoms with Crippen LogP contribution in [-0.4, -0.2) is 24.4 Å². The minimum absolute atomic E-state index is 0.139. The van der Waals surface area contributed by atoms with Gasteiger partial charge in [0.05, 0.1) is 6.54 Å². The lowest BCUT2D eigenvalue weighted by atomic mass is 10.1. The molecule has 0 aliphatic carbocycles. The van der Waals surface area contributed by atoms with Gasteiger partial charge in [0.2, 0.25) is 5.91 Å². The highest BCUT2D eigenvalue weighted by Gasteiger charge is 2.12. The summed E-state index contributed by atoms with van der Waals surface area (Å²) in [7, 11) is 1.84. The van der Waals surface area contributed by atoms with Crippen molar-refractivity contribution in [3.05, 3.63) is 75.1 Å². The Morgan fingerprint density at radius 3 is 2.59 bits per heavy atom. The Morgan fingerprint density at radius 2 is 1.89 bits per heavy atom. The summed E-state index contributed by atoms with van der Waals surface area (Å²) in [5, 5.41) is 4.33. The number of likely N-dealkylation sites (N-methyl/N-ethyl adjacent to an activating group) is 1. The van der Waals surface area contributed by atoms with Gasteiger partial charge in [-0.2, -0.15) is 0 Å². The average Bonchev–Trinajstić information content (AvgIpc) is 2.62. The zero-order chi connectivity index (χ0) is 19.4. The molecule has 1 heterocycles. The van der Waals surface area contributed by atoms with Crippen molar-refractivity contribution in [2.45, 2.75) is 19.9 Å². The maximum Gasteiger partial charge on any atom is 0.336 e. The van der Waals surface area contributed by atoms with E-state index in [1.165, 1.54) is 6.07 Å². The maximum absolute atomic E-state index is 12.2. The maximum atomic E-state index is 12.2. The molecule has 0 saturated heterocycles. The summed E-state index contributed by atoms with van der Waals surface area (Å²) >= 11 is 5.85. The molecule has 0 saturated carbocycles. The fraction of sp³-hybridized carbons (Fsp3) is 0.238. The van der Waals surface area contributed by atoms with Gasteiger partial charge in [0.25, 0.3) is 0 Å². The van der Waals surface area contributed by atoms with E-state index in [0.29, 0.717) is 22.8 Å². The van der Waals surface area contributed by atoms with E-state index in [1.54, 1.807) is 24.3 Å². The molecule has 27 heavy (non-hydrogen) atoms. The second kappa shape index (κ2) is 8.37. The van der Waals surface area contributed by atoms with Crippen LogP contribution in [0.5, 0.6) is 0 Å². The molecule has 2 aromatic carbocycles. The van der Waals surface area contributed by atoms with Crippen LogP contribution in [-0.2, 0) is 17.8 Å². The molecule has 0 bridgehead atoms. The molecule has 0 spiro atoms. The average molecular weight is 385 g/mol. The third-order valence-corrected chi connectivity index (χ3v) is 4.54. The highest BCUT2D eigenvalue weighted by Crippen LogP contribution is 2.20. The van der Waals surface area contributed by atoms with E-state index in [2.05, 4.69) is 12.2 Å². The Hall–Kier alpha value is -2.63. The number of anilines is 1. The van der Waals surface area contributed by atoms with Crippen LogP contribution >= 0.6 is 11.6 Å². The number of carbonyl (C=O) groups is 1. The summed E-state index contributed by atoms with van der Waals surface area (Å²) in [5.74, 6) is -0.139. The van der Waals surface area contributed by atoms with Crippen LogP contribution in [0.2, 0.25) is 5.02 Å². The van der Waals surface area contributed by atoms with Crippen molar-refractivity contribution in [3.8, 4) is 0 Å². The standard InChI is InChI=1S/C21H21ClN2O3/c1-3-14-4-9-18-15(11-21(26)27-19(18)10-14)12-24(2)13-20(25)23-17-7-5-16(22)6-8-17/h4-11H,3,12-13H2,1-2H3,(H,23,25). The number of fused-ring (bicyclic) bond motifs is 1. The number of amides is 1. The van der Waals surface area contributed by atoms with Crippen molar-refractivity contribution in [3.63, 3.8) is 0 Å². The van der Waals surface area contributed by atoms with Crippen LogP contribution in [0.1, 0.15) is 18.1 Å².